The Kier molecular flexibility index (Phi) is 4.95. The maximum Gasteiger partial charge on any atom is 0.230 e. The number of nitrogens with zero attached hydrogens (tertiary/aromatic N) is 1. The van der Waals surface area contributed by atoms with E-state index in [1.807, 2.05) is 6.07 Å². The molecule has 1 amide bonds. The molecular weight excluding hydrogens is 226 g/mol. The van der Waals surface area contributed by atoms with E-state index in [2.05, 4.69) is 22.4 Å². The molecule has 0 aromatic carbocycles. The van der Waals surface area contributed by atoms with Crippen molar-refractivity contribution in [2.75, 3.05) is 0 Å². The maximum absolute atomic E-state index is 10.8. The van der Waals surface area contributed by atoms with Gasteiger partial charge in [0.15, 0.2) is 0 Å². The van der Waals surface area contributed by atoms with Crippen molar-refractivity contribution in [3.05, 3.63) is 41.7 Å². The van der Waals surface area contributed by atoms with Crippen molar-refractivity contribution < 1.29 is 4.79 Å². The van der Waals surface area contributed by atoms with Gasteiger partial charge in [0.05, 0.1) is 6.04 Å². The van der Waals surface area contributed by atoms with Gasteiger partial charge in [0.2, 0.25) is 5.91 Å². The lowest BCUT2D eigenvalue weighted by Gasteiger charge is -2.17. The van der Waals surface area contributed by atoms with E-state index in [-0.39, 0.29) is 11.9 Å². The molecule has 0 unspecified atom stereocenters. The first-order valence-corrected chi connectivity index (χ1v) is 5.25. The van der Waals surface area contributed by atoms with Gasteiger partial charge in [0.25, 0.3) is 0 Å². The summed E-state index contributed by atoms with van der Waals surface area (Å²) in [7, 11) is 0. The largest absolute Gasteiger partial charge is 0.291 e. The quantitative estimate of drug-likeness (QED) is 0.469. The Hall–Kier alpha value is -1.39. The van der Waals surface area contributed by atoms with Gasteiger partial charge in [-0.05, 0) is 18.1 Å². The summed E-state index contributed by atoms with van der Waals surface area (Å²) in [5.41, 5.74) is 6.39. The van der Waals surface area contributed by atoms with Gasteiger partial charge in [-0.15, -0.1) is 6.58 Å². The van der Waals surface area contributed by atoms with Crippen LogP contribution in [-0.2, 0) is 4.79 Å². The van der Waals surface area contributed by atoms with Gasteiger partial charge in [-0.1, -0.05) is 23.7 Å². The molecule has 5 heteroatoms. The van der Waals surface area contributed by atoms with E-state index in [9.17, 15) is 4.79 Å². The molecule has 0 fully saturated rings. The van der Waals surface area contributed by atoms with Crippen molar-refractivity contribution in [2.24, 2.45) is 0 Å². The molecule has 86 valence electrons. The van der Waals surface area contributed by atoms with Gasteiger partial charge in [-0.3, -0.25) is 10.2 Å². The van der Waals surface area contributed by atoms with Crippen molar-refractivity contribution >= 4 is 17.5 Å². The zero-order chi connectivity index (χ0) is 12.0. The van der Waals surface area contributed by atoms with Crippen molar-refractivity contribution in [1.29, 1.82) is 0 Å². The normalized spacial score (nSPS) is 11.9. The Bertz CT molecular complexity index is 364. The Morgan fingerprint density at radius 1 is 1.69 bits per heavy atom. The summed E-state index contributed by atoms with van der Waals surface area (Å²) in [4.78, 5) is 14.8. The third-order valence-corrected chi connectivity index (χ3v) is 2.20. The van der Waals surface area contributed by atoms with Crippen molar-refractivity contribution in [3.63, 3.8) is 0 Å². The fourth-order valence-electron chi connectivity index (χ4n) is 1.23. The number of aromatic nitrogens is 1. The fraction of sp³-hybridized carbons (Fsp3) is 0.273. The Morgan fingerprint density at radius 2 is 2.44 bits per heavy atom. The Labute approximate surface area is 99.7 Å². The van der Waals surface area contributed by atoms with Crippen molar-refractivity contribution in [2.45, 2.75) is 19.4 Å². The van der Waals surface area contributed by atoms with E-state index in [1.54, 1.807) is 18.3 Å². The highest BCUT2D eigenvalue weighted by Crippen LogP contribution is 2.16. The predicted octanol–water partition coefficient (Wildman–Crippen LogP) is 1.99. The zero-order valence-corrected chi connectivity index (χ0v) is 9.79. The van der Waals surface area contributed by atoms with E-state index in [0.717, 1.165) is 5.56 Å². The van der Waals surface area contributed by atoms with E-state index >= 15 is 0 Å². The molecule has 1 atom stereocenters. The second kappa shape index (κ2) is 6.25. The van der Waals surface area contributed by atoms with Gasteiger partial charge < -0.3 is 0 Å². The number of carbonyl (C=O) groups excluding carboxylic acids is 1. The minimum atomic E-state index is -0.143. The summed E-state index contributed by atoms with van der Waals surface area (Å²) in [6.07, 6.45) is 4.13. The number of nitrogens with one attached hydrogen (secondary N) is 2. The molecule has 1 aromatic rings. The van der Waals surface area contributed by atoms with Crippen molar-refractivity contribution in [3.8, 4) is 0 Å². The molecule has 4 nitrogen and oxygen atoms in total. The molecule has 0 saturated carbocycles. The second-order valence-electron chi connectivity index (χ2n) is 3.32. The second-order valence-corrected chi connectivity index (χ2v) is 3.70. The topological polar surface area (TPSA) is 54.0 Å². The summed E-state index contributed by atoms with van der Waals surface area (Å²) in [5, 5.41) is 0.445. The first-order valence-electron chi connectivity index (χ1n) is 4.88. The van der Waals surface area contributed by atoms with Crippen LogP contribution in [0, 0.1) is 0 Å². The minimum absolute atomic E-state index is 0.0498. The van der Waals surface area contributed by atoms with E-state index < -0.39 is 0 Å². The molecule has 16 heavy (non-hydrogen) atoms. The summed E-state index contributed by atoms with van der Waals surface area (Å²) in [6, 6.07) is 3.52. The Morgan fingerprint density at radius 3 is 2.94 bits per heavy atom. The Balaban J connectivity index is 2.72. The zero-order valence-electron chi connectivity index (χ0n) is 9.03. The number of hydrazine groups is 1. The molecule has 0 bridgehead atoms. The van der Waals surface area contributed by atoms with Crippen molar-refractivity contribution in [1.82, 2.24) is 15.8 Å². The van der Waals surface area contributed by atoms with E-state index in [1.165, 1.54) is 6.92 Å². The number of halogens is 1. The van der Waals surface area contributed by atoms with Gasteiger partial charge in [0, 0.05) is 13.1 Å². The van der Waals surface area contributed by atoms with E-state index in [4.69, 9.17) is 11.6 Å². The number of hydrogen-bond acceptors (Lipinski definition) is 3. The third-order valence-electron chi connectivity index (χ3n) is 1.98. The minimum Gasteiger partial charge on any atom is -0.291 e. The standard InChI is InChI=1S/C11H14ClN3O/c1-3-4-10(15-14-8(2)16)9-5-6-11(12)13-7-9/h3,5-7,10,15H,1,4H2,2H3,(H,14,16)/t10-/m1/s1. The summed E-state index contributed by atoms with van der Waals surface area (Å²) >= 11 is 5.70. The van der Waals surface area contributed by atoms with Crippen LogP contribution in [0.25, 0.3) is 0 Å². The highest BCUT2D eigenvalue weighted by Gasteiger charge is 2.09. The van der Waals surface area contributed by atoms with Crippen LogP contribution in [0.1, 0.15) is 24.9 Å². The molecule has 0 radical (unpaired) electrons. The molecule has 0 saturated heterocycles. The average molecular weight is 240 g/mol. The molecule has 0 aliphatic carbocycles. The van der Waals surface area contributed by atoms with Gasteiger partial charge in [-0.2, -0.15) is 0 Å². The summed E-state index contributed by atoms with van der Waals surface area (Å²) < 4.78 is 0. The molecule has 0 spiro atoms. The lowest BCUT2D eigenvalue weighted by Crippen LogP contribution is -2.38. The first kappa shape index (κ1) is 12.7. The van der Waals surface area contributed by atoms with Gasteiger partial charge in [-0.25, -0.2) is 10.4 Å². The number of carbonyl (C=O) groups is 1. The van der Waals surface area contributed by atoms with Crippen LogP contribution in [-0.4, -0.2) is 10.9 Å². The lowest BCUT2D eigenvalue weighted by atomic mass is 10.1. The average Bonchev–Trinajstić information content (AvgIpc) is 2.25. The first-order chi connectivity index (χ1) is 7.63. The van der Waals surface area contributed by atoms with Crippen LogP contribution in [0.3, 0.4) is 0 Å². The van der Waals surface area contributed by atoms with Crippen LogP contribution >= 0.6 is 11.6 Å². The molecule has 1 heterocycles. The lowest BCUT2D eigenvalue weighted by molar-refractivity contribution is -0.120. The summed E-state index contributed by atoms with van der Waals surface area (Å²) in [6.45, 7) is 5.11. The monoisotopic (exact) mass is 239 g/mol. The highest BCUT2D eigenvalue weighted by molar-refractivity contribution is 6.29. The van der Waals surface area contributed by atoms with Crippen LogP contribution in [0.15, 0.2) is 31.0 Å². The smallest absolute Gasteiger partial charge is 0.230 e. The predicted molar refractivity (Wildman–Crippen MR) is 63.8 cm³/mol. The SMILES string of the molecule is C=CC[C@@H](NNC(C)=O)c1ccc(Cl)nc1. The van der Waals surface area contributed by atoms with Gasteiger partial charge in [0.1, 0.15) is 5.15 Å². The van der Waals surface area contributed by atoms with Crippen LogP contribution < -0.4 is 10.9 Å². The molecule has 1 rings (SSSR count). The number of hydrogen-bond donors (Lipinski definition) is 2. The maximum atomic E-state index is 10.8. The van der Waals surface area contributed by atoms with E-state index in [0.29, 0.717) is 11.6 Å². The highest BCUT2D eigenvalue weighted by atomic mass is 35.5. The molecule has 0 aliphatic rings. The fourth-order valence-corrected chi connectivity index (χ4v) is 1.34. The van der Waals surface area contributed by atoms with Crippen LogP contribution in [0.2, 0.25) is 5.15 Å². The van der Waals surface area contributed by atoms with Gasteiger partial charge >= 0.3 is 0 Å². The molecule has 2 N–H and O–H groups in total. The number of rotatable bonds is 5. The van der Waals surface area contributed by atoms with Crippen LogP contribution in [0.4, 0.5) is 0 Å². The summed E-state index contributed by atoms with van der Waals surface area (Å²) in [5.74, 6) is -0.143. The molecule has 0 aliphatic heterocycles. The van der Waals surface area contributed by atoms with Crippen LogP contribution in [0.5, 0.6) is 0 Å². The molecular formula is C11H14ClN3O. The number of pyridine rings is 1. The number of amides is 1. The molecule has 1 aromatic heterocycles. The third kappa shape index (κ3) is 4.00.